The van der Waals surface area contributed by atoms with Gasteiger partial charge in [-0.2, -0.15) is 4.89 Å². The van der Waals surface area contributed by atoms with Gasteiger partial charge >= 0.3 is 0 Å². The summed E-state index contributed by atoms with van der Waals surface area (Å²) in [5, 5.41) is 4.25. The van der Waals surface area contributed by atoms with Crippen molar-refractivity contribution in [1.82, 2.24) is 0 Å². The minimum Gasteiger partial charge on any atom is -0.350 e. The van der Waals surface area contributed by atoms with Crippen molar-refractivity contribution in [2.24, 2.45) is 0 Å². The van der Waals surface area contributed by atoms with Crippen LogP contribution >= 0.6 is 0 Å². The third-order valence-corrected chi connectivity index (χ3v) is 1.35. The Kier molecular flexibility index (Phi) is 3.67. The average Bonchev–Trinajstić information content (AvgIpc) is 2.03. The maximum Gasteiger partial charge on any atom is 0.194 e. The normalized spacial score (nSPS) is 26.7. The molecule has 1 aliphatic heterocycles. The highest BCUT2D eigenvalue weighted by molar-refractivity contribution is 4.51. The summed E-state index contributed by atoms with van der Waals surface area (Å²) in [6.07, 6.45) is 2.86. The summed E-state index contributed by atoms with van der Waals surface area (Å²) in [4.78, 5) is 8.93. The zero-order valence-corrected chi connectivity index (χ0v) is 6.04. The Bertz CT molecular complexity index is 79.8. The van der Waals surface area contributed by atoms with Crippen LogP contribution in [0.5, 0.6) is 0 Å². The second-order valence-corrected chi connectivity index (χ2v) is 2.13. The molecule has 0 saturated carbocycles. The molecule has 0 N–H and O–H groups in total. The van der Waals surface area contributed by atoms with Crippen LogP contribution in [0, 0.1) is 0 Å². The van der Waals surface area contributed by atoms with E-state index in [0.717, 1.165) is 25.9 Å². The van der Waals surface area contributed by atoms with Gasteiger partial charge in [-0.15, -0.1) is 0 Å². The first-order valence-electron chi connectivity index (χ1n) is 3.41. The molecule has 10 heavy (non-hydrogen) atoms. The van der Waals surface area contributed by atoms with Gasteiger partial charge in [0.1, 0.15) is 0 Å². The zero-order chi connectivity index (χ0) is 7.23. The second kappa shape index (κ2) is 4.62. The summed E-state index contributed by atoms with van der Waals surface area (Å²) in [6, 6.07) is 0. The Morgan fingerprint density at radius 1 is 1.40 bits per heavy atom. The van der Waals surface area contributed by atoms with Crippen LogP contribution in [0.2, 0.25) is 0 Å². The molecule has 0 amide bonds. The fourth-order valence-corrected chi connectivity index (χ4v) is 0.870. The summed E-state index contributed by atoms with van der Waals surface area (Å²) < 4.78 is 5.15. The quantitative estimate of drug-likeness (QED) is 0.442. The maximum absolute atomic E-state index is 5.15. The predicted molar refractivity (Wildman–Crippen MR) is 32.8 cm³/mol. The fraction of sp³-hybridized carbons (Fsp3) is 1.00. The molecule has 1 heterocycles. The largest absolute Gasteiger partial charge is 0.350 e. The van der Waals surface area contributed by atoms with Gasteiger partial charge in [0.2, 0.25) is 0 Å². The van der Waals surface area contributed by atoms with Crippen LogP contribution in [0.1, 0.15) is 19.3 Å². The van der Waals surface area contributed by atoms with Crippen LogP contribution in [0.15, 0.2) is 0 Å². The molecule has 1 atom stereocenters. The summed E-state index contributed by atoms with van der Waals surface area (Å²) in [5.74, 6) is 0. The third-order valence-electron chi connectivity index (χ3n) is 1.35. The van der Waals surface area contributed by atoms with Crippen molar-refractivity contribution in [3.63, 3.8) is 0 Å². The zero-order valence-electron chi connectivity index (χ0n) is 6.04. The van der Waals surface area contributed by atoms with Gasteiger partial charge in [-0.25, -0.2) is 4.89 Å². The molecule has 1 unspecified atom stereocenters. The van der Waals surface area contributed by atoms with Crippen LogP contribution in [0.4, 0.5) is 0 Å². The molecular formula is C6H12O4. The van der Waals surface area contributed by atoms with Gasteiger partial charge in [-0.3, -0.25) is 0 Å². The third kappa shape index (κ3) is 2.62. The van der Waals surface area contributed by atoms with Crippen LogP contribution < -0.4 is 0 Å². The molecule has 1 aliphatic rings. The van der Waals surface area contributed by atoms with E-state index in [1.165, 1.54) is 7.11 Å². The van der Waals surface area contributed by atoms with Gasteiger partial charge in [0.05, 0.1) is 7.11 Å². The summed E-state index contributed by atoms with van der Waals surface area (Å²) >= 11 is 0. The molecule has 0 radical (unpaired) electrons. The van der Waals surface area contributed by atoms with Crippen LogP contribution in [-0.2, 0) is 19.6 Å². The lowest BCUT2D eigenvalue weighted by molar-refractivity contribution is -0.540. The highest BCUT2D eigenvalue weighted by Gasteiger charge is 2.14. The molecule has 1 fully saturated rings. The van der Waals surface area contributed by atoms with Gasteiger partial charge in [-0.1, -0.05) is 5.04 Å². The minimum atomic E-state index is -0.242. The van der Waals surface area contributed by atoms with E-state index >= 15 is 0 Å². The Hall–Kier alpha value is -0.160. The minimum absolute atomic E-state index is 0.242. The predicted octanol–water partition coefficient (Wildman–Crippen LogP) is 1.02. The maximum atomic E-state index is 5.15. The van der Waals surface area contributed by atoms with Gasteiger partial charge < -0.3 is 4.74 Å². The number of ether oxygens (including phenoxy) is 1. The molecule has 4 nitrogen and oxygen atoms in total. The van der Waals surface area contributed by atoms with Gasteiger partial charge in [-0.05, 0) is 12.8 Å². The Morgan fingerprint density at radius 3 is 2.90 bits per heavy atom. The first-order valence-corrected chi connectivity index (χ1v) is 3.41. The fourth-order valence-electron chi connectivity index (χ4n) is 0.870. The Balaban J connectivity index is 2.02. The van der Waals surface area contributed by atoms with Crippen molar-refractivity contribution >= 4 is 0 Å². The smallest absolute Gasteiger partial charge is 0.194 e. The lowest BCUT2D eigenvalue weighted by atomic mass is 10.2. The van der Waals surface area contributed by atoms with Crippen molar-refractivity contribution in [3.05, 3.63) is 0 Å². The Labute approximate surface area is 59.9 Å². The summed E-state index contributed by atoms with van der Waals surface area (Å²) in [6.45, 7) is 0.748. The second-order valence-electron chi connectivity index (χ2n) is 2.13. The SMILES string of the molecule is COOOC1CCCCO1. The molecule has 0 spiro atoms. The lowest BCUT2D eigenvalue weighted by Gasteiger charge is -2.19. The molecule has 1 rings (SSSR count). The van der Waals surface area contributed by atoms with E-state index in [1.807, 2.05) is 0 Å². The van der Waals surface area contributed by atoms with Crippen LogP contribution in [0.3, 0.4) is 0 Å². The molecular weight excluding hydrogens is 136 g/mol. The molecule has 0 aromatic carbocycles. The topological polar surface area (TPSA) is 36.9 Å². The van der Waals surface area contributed by atoms with Gasteiger partial charge in [0.15, 0.2) is 6.29 Å². The first-order chi connectivity index (χ1) is 4.93. The van der Waals surface area contributed by atoms with E-state index in [2.05, 4.69) is 14.8 Å². The van der Waals surface area contributed by atoms with E-state index in [4.69, 9.17) is 4.74 Å². The van der Waals surface area contributed by atoms with Crippen molar-refractivity contribution in [1.29, 1.82) is 0 Å². The molecule has 0 aromatic rings. The Morgan fingerprint density at radius 2 is 2.30 bits per heavy atom. The molecule has 60 valence electrons. The van der Waals surface area contributed by atoms with E-state index < -0.39 is 0 Å². The monoisotopic (exact) mass is 148 g/mol. The van der Waals surface area contributed by atoms with E-state index in [9.17, 15) is 0 Å². The molecule has 4 heteroatoms. The summed E-state index contributed by atoms with van der Waals surface area (Å²) in [5.41, 5.74) is 0. The van der Waals surface area contributed by atoms with Gasteiger partial charge in [0, 0.05) is 13.0 Å². The molecule has 0 aliphatic carbocycles. The summed E-state index contributed by atoms with van der Waals surface area (Å²) in [7, 11) is 1.39. The van der Waals surface area contributed by atoms with E-state index in [-0.39, 0.29) is 6.29 Å². The van der Waals surface area contributed by atoms with E-state index in [1.54, 1.807) is 0 Å². The van der Waals surface area contributed by atoms with Crippen molar-refractivity contribution < 1.29 is 19.6 Å². The number of hydrogen-bond acceptors (Lipinski definition) is 4. The highest BCUT2D eigenvalue weighted by atomic mass is 17.5. The van der Waals surface area contributed by atoms with Crippen LogP contribution in [-0.4, -0.2) is 20.0 Å². The molecule has 0 aromatic heterocycles. The van der Waals surface area contributed by atoms with Crippen LogP contribution in [0.25, 0.3) is 0 Å². The average molecular weight is 148 g/mol. The number of rotatable bonds is 3. The van der Waals surface area contributed by atoms with Gasteiger partial charge in [0.25, 0.3) is 0 Å². The highest BCUT2D eigenvalue weighted by Crippen LogP contribution is 2.13. The number of hydrogen-bond donors (Lipinski definition) is 0. The van der Waals surface area contributed by atoms with Crippen molar-refractivity contribution in [3.8, 4) is 0 Å². The molecule has 0 bridgehead atoms. The van der Waals surface area contributed by atoms with Crippen molar-refractivity contribution in [2.75, 3.05) is 13.7 Å². The first kappa shape index (κ1) is 7.94. The lowest BCUT2D eigenvalue weighted by Crippen LogP contribution is -2.22. The standard InChI is InChI=1S/C6H12O4/c1-7-10-9-6-4-2-3-5-8-6/h6H,2-5H2,1H3. The van der Waals surface area contributed by atoms with Crippen molar-refractivity contribution in [2.45, 2.75) is 25.6 Å². The molecule has 1 saturated heterocycles. The van der Waals surface area contributed by atoms with E-state index in [0.29, 0.717) is 0 Å².